The second-order valence-corrected chi connectivity index (χ2v) is 31.0. The van der Waals surface area contributed by atoms with Gasteiger partial charge in [-0.15, -0.1) is 0 Å². The molecule has 3 saturated heterocycles. The van der Waals surface area contributed by atoms with Crippen molar-refractivity contribution in [1.29, 1.82) is 0 Å². The van der Waals surface area contributed by atoms with Crippen LogP contribution >= 0.6 is 11.6 Å². The zero-order chi connectivity index (χ0) is 79.1. The Hall–Kier alpha value is -7.73. The molecular formula is C73H113ClF5N13O13. The SMILES string of the molecule is CC[C@H](C)[C@@H]1NC(=O)[C@H](CC(C)C)N(C)C(=O)C[C@@H](C(=O)N2CCCCC2)N(C)C(=O)[C@@H](C(C)C)N(C)C(=O)C(C)(C)NC(=O)[C@H](CC(=O)N2CCC(F)(F)CC2)N(C)C(=O)[C@H](CCc2ccc(C(F)(F)F)c(Cl)c2)NC(=O)CN(C)C(=O)[C@H](CC2CCCCC2)N(C)C(=O)CN(C)C(=O)CN(C)C1=O. The number of aryl methyl sites for hydroxylation is 1. The molecule has 8 atom stereocenters. The second kappa shape index (κ2) is 38.2. The molecule has 4 fully saturated rings. The molecule has 3 N–H and O–H groups in total. The maximum atomic E-state index is 15.3. The van der Waals surface area contributed by atoms with Gasteiger partial charge in [-0.2, -0.15) is 13.2 Å². The average molecular weight is 1510 g/mol. The molecule has 3 heterocycles. The van der Waals surface area contributed by atoms with E-state index in [1.54, 1.807) is 32.6 Å². The number of likely N-dealkylation sites (N-methyl/N-ethyl adjacent to an activating group) is 8. The zero-order valence-corrected chi connectivity index (χ0v) is 64.9. The first-order valence-corrected chi connectivity index (χ1v) is 37.0. The molecule has 5 rings (SSSR count). The first kappa shape index (κ1) is 87.9. The lowest BCUT2D eigenvalue weighted by Crippen LogP contribution is -2.64. The highest BCUT2D eigenvalue weighted by Gasteiger charge is 2.47. The summed E-state index contributed by atoms with van der Waals surface area (Å²) in [5.41, 5.74) is -3.05. The lowest BCUT2D eigenvalue weighted by Gasteiger charge is -2.41. The monoisotopic (exact) mass is 1510 g/mol. The Kier molecular flexibility index (Phi) is 32.0. The number of piperidine rings is 2. The van der Waals surface area contributed by atoms with Crippen molar-refractivity contribution in [3.05, 3.63) is 34.3 Å². The molecule has 0 radical (unpaired) electrons. The highest BCUT2D eigenvalue weighted by molar-refractivity contribution is 6.31. The van der Waals surface area contributed by atoms with Crippen molar-refractivity contribution in [2.45, 2.75) is 224 Å². The molecule has 1 aliphatic carbocycles. The Morgan fingerprint density at radius 1 is 0.619 bits per heavy atom. The minimum absolute atomic E-state index is 0.0558. The minimum atomic E-state index is -4.85. The predicted octanol–water partition coefficient (Wildman–Crippen LogP) is 5.45. The summed E-state index contributed by atoms with van der Waals surface area (Å²) >= 11 is 6.13. The number of alkyl halides is 5. The number of nitrogens with one attached hydrogen (secondary N) is 3. The van der Waals surface area contributed by atoms with Crippen LogP contribution in [0.5, 0.6) is 0 Å². The number of halogens is 6. The number of carbonyl (C=O) groups excluding carboxylic acids is 13. The van der Waals surface area contributed by atoms with E-state index in [0.717, 1.165) is 85.2 Å². The minimum Gasteiger partial charge on any atom is -0.343 e. The van der Waals surface area contributed by atoms with Crippen LogP contribution in [0.3, 0.4) is 0 Å². The van der Waals surface area contributed by atoms with Crippen molar-refractivity contribution in [3.8, 4) is 0 Å². The number of nitrogens with zero attached hydrogens (tertiary/aromatic N) is 10. The van der Waals surface area contributed by atoms with Gasteiger partial charge in [0.1, 0.15) is 47.8 Å². The van der Waals surface area contributed by atoms with Gasteiger partial charge in [-0.1, -0.05) is 97.7 Å². The smallest absolute Gasteiger partial charge is 0.343 e. The van der Waals surface area contributed by atoms with Gasteiger partial charge < -0.3 is 64.9 Å². The number of likely N-dealkylation sites (tertiary alicyclic amines) is 2. The van der Waals surface area contributed by atoms with Gasteiger partial charge in [0.2, 0.25) is 76.8 Å². The molecule has 1 aromatic rings. The summed E-state index contributed by atoms with van der Waals surface area (Å²) in [6.45, 7) is 10.7. The van der Waals surface area contributed by atoms with Crippen LogP contribution in [-0.4, -0.2) is 282 Å². The number of hydrogen-bond donors (Lipinski definition) is 3. The van der Waals surface area contributed by atoms with E-state index in [1.807, 2.05) is 13.8 Å². The number of benzene rings is 1. The second-order valence-electron chi connectivity index (χ2n) is 30.6. The van der Waals surface area contributed by atoms with Crippen LogP contribution < -0.4 is 16.0 Å². The quantitative estimate of drug-likeness (QED) is 0.207. The van der Waals surface area contributed by atoms with E-state index in [-0.39, 0.29) is 36.7 Å². The summed E-state index contributed by atoms with van der Waals surface area (Å²) in [5.74, 6) is -15.3. The van der Waals surface area contributed by atoms with Gasteiger partial charge in [0.15, 0.2) is 0 Å². The third-order valence-electron chi connectivity index (χ3n) is 21.1. The van der Waals surface area contributed by atoms with E-state index < -0.39 is 224 Å². The van der Waals surface area contributed by atoms with E-state index in [2.05, 4.69) is 16.0 Å². The molecular weight excluding hydrogens is 1400 g/mol. The topological polar surface area (TPSA) is 290 Å². The maximum Gasteiger partial charge on any atom is 0.417 e. The van der Waals surface area contributed by atoms with Crippen LogP contribution in [0.4, 0.5) is 22.0 Å². The molecule has 1 saturated carbocycles. The van der Waals surface area contributed by atoms with E-state index in [9.17, 15) is 65.1 Å². The summed E-state index contributed by atoms with van der Waals surface area (Å²) in [6, 6.07) is -7.46. The lowest BCUT2D eigenvalue weighted by molar-refractivity contribution is -0.156. The molecule has 0 spiro atoms. The molecule has 3 aliphatic heterocycles. The van der Waals surface area contributed by atoms with Crippen LogP contribution in [0, 0.1) is 23.7 Å². The van der Waals surface area contributed by atoms with Crippen LogP contribution in [0.1, 0.15) is 169 Å². The number of amides is 13. The van der Waals surface area contributed by atoms with Crippen LogP contribution in [0.25, 0.3) is 0 Å². The Labute approximate surface area is 619 Å². The summed E-state index contributed by atoms with van der Waals surface area (Å²) in [4.78, 5) is 204. The van der Waals surface area contributed by atoms with E-state index >= 15 is 19.2 Å². The van der Waals surface area contributed by atoms with Crippen molar-refractivity contribution in [3.63, 3.8) is 0 Å². The first-order chi connectivity index (χ1) is 48.8. The number of carbonyl (C=O) groups is 13. The standard InChI is InChI=1S/C73H113ClF5N13O13/c1-17-46(6)61-68(103)85(11)42-59(96)83(9)43-60(97)87(13)54(38-47-24-20-18-21-25-47)66(101)84(10)41-56(93)80-51(29-27-48-26-28-49(50(74)37-48)73(77,78)79)65(100)88(14)53(39-58(95)91-34-30-72(75,76)31-35-91)64(99)82-71(7,8)70(105)90(16)62(45(4)5)69(104)89(15)55(67(102)92-32-22-19-23-33-92)40-57(94)86(12)52(36-44(2)3)63(98)81-61/h26,28,37,44-47,51-55,61-62H,17-25,27,29-36,38-43H2,1-16H3,(H,80,93)(H,81,98)(H,82,99)/t46-,51-,52-,53-,54-,55-,61-,62+/m0/s1. The lowest BCUT2D eigenvalue weighted by atomic mass is 9.84. The highest BCUT2D eigenvalue weighted by atomic mass is 35.5. The van der Waals surface area contributed by atoms with Crippen molar-refractivity contribution in [2.75, 3.05) is 102 Å². The van der Waals surface area contributed by atoms with Gasteiger partial charge in [-0.3, -0.25) is 62.3 Å². The van der Waals surface area contributed by atoms with Gasteiger partial charge in [0.05, 0.1) is 43.1 Å². The third-order valence-corrected chi connectivity index (χ3v) is 21.4. The predicted molar refractivity (Wildman–Crippen MR) is 382 cm³/mol. The van der Waals surface area contributed by atoms with Crippen molar-refractivity contribution in [1.82, 2.24) is 64.9 Å². The molecule has 0 unspecified atom stereocenters. The van der Waals surface area contributed by atoms with Crippen molar-refractivity contribution >= 4 is 88.4 Å². The van der Waals surface area contributed by atoms with Crippen molar-refractivity contribution < 1.29 is 84.3 Å². The summed E-state index contributed by atoms with van der Waals surface area (Å²) in [6.07, 6.45) is -1.85. The molecule has 590 valence electrons. The Balaban J connectivity index is 1.67. The fourth-order valence-electron chi connectivity index (χ4n) is 14.2. The molecule has 4 aliphatic rings. The fraction of sp³-hybridized carbons (Fsp3) is 0.740. The molecule has 0 aromatic heterocycles. The highest BCUT2D eigenvalue weighted by Crippen LogP contribution is 2.36. The Morgan fingerprint density at radius 2 is 1.19 bits per heavy atom. The molecule has 26 nitrogen and oxygen atoms in total. The molecule has 0 bridgehead atoms. The number of rotatable bonds is 13. The molecule has 32 heteroatoms. The normalized spacial score (nSPS) is 25.4. The van der Waals surface area contributed by atoms with Crippen LogP contribution in [0.2, 0.25) is 5.02 Å². The molecule has 105 heavy (non-hydrogen) atoms. The van der Waals surface area contributed by atoms with Gasteiger partial charge >= 0.3 is 6.18 Å². The van der Waals surface area contributed by atoms with E-state index in [4.69, 9.17) is 11.6 Å². The van der Waals surface area contributed by atoms with E-state index in [1.165, 1.54) is 73.0 Å². The Bertz CT molecular complexity index is 3290. The van der Waals surface area contributed by atoms with Gasteiger partial charge in [0.25, 0.3) is 5.92 Å². The van der Waals surface area contributed by atoms with Crippen LogP contribution in [0.15, 0.2) is 18.2 Å². The number of hydrogen-bond acceptors (Lipinski definition) is 13. The van der Waals surface area contributed by atoms with Gasteiger partial charge in [0, 0.05) is 95.4 Å². The summed E-state index contributed by atoms with van der Waals surface area (Å²) in [5, 5.41) is 7.41. The van der Waals surface area contributed by atoms with E-state index in [0.29, 0.717) is 45.2 Å². The summed E-state index contributed by atoms with van der Waals surface area (Å²) < 4.78 is 70.9. The van der Waals surface area contributed by atoms with Gasteiger partial charge in [-0.25, -0.2) is 8.78 Å². The molecule has 1 aromatic carbocycles. The zero-order valence-electron chi connectivity index (χ0n) is 64.1. The fourth-order valence-corrected chi connectivity index (χ4v) is 14.5. The third kappa shape index (κ3) is 23.9. The Morgan fingerprint density at radius 3 is 1.75 bits per heavy atom. The average Bonchev–Trinajstić information content (AvgIpc) is 0.807. The molecule has 13 amide bonds. The first-order valence-electron chi connectivity index (χ1n) is 36.6. The van der Waals surface area contributed by atoms with Crippen LogP contribution in [-0.2, 0) is 74.9 Å². The largest absolute Gasteiger partial charge is 0.417 e. The maximum absolute atomic E-state index is 15.3. The van der Waals surface area contributed by atoms with Gasteiger partial charge in [-0.05, 0) is 100 Å². The summed E-state index contributed by atoms with van der Waals surface area (Å²) in [7, 11) is 10.4. The van der Waals surface area contributed by atoms with Crippen molar-refractivity contribution in [2.24, 2.45) is 23.7 Å².